The maximum Gasteiger partial charge on any atom is 0.313 e. The van der Waals surface area contributed by atoms with Crippen molar-refractivity contribution in [2.24, 2.45) is 0 Å². The quantitative estimate of drug-likeness (QED) is 0.573. The lowest BCUT2D eigenvalue weighted by Crippen LogP contribution is -2.50. The third kappa shape index (κ3) is 5.96. The van der Waals surface area contributed by atoms with E-state index in [0.29, 0.717) is 12.2 Å². The second-order valence-electron chi connectivity index (χ2n) is 8.19. The van der Waals surface area contributed by atoms with Crippen LogP contribution in [0.5, 0.6) is 0 Å². The first kappa shape index (κ1) is 22.5. The number of hydrogen-bond acceptors (Lipinski definition) is 5. The van der Waals surface area contributed by atoms with Crippen LogP contribution in [0.25, 0.3) is 0 Å². The van der Waals surface area contributed by atoms with E-state index in [4.69, 9.17) is 0 Å². The van der Waals surface area contributed by atoms with E-state index in [1.54, 1.807) is 12.3 Å². The van der Waals surface area contributed by atoms with Gasteiger partial charge in [0.25, 0.3) is 0 Å². The number of pyridine rings is 1. The molecule has 170 valence electrons. The van der Waals surface area contributed by atoms with E-state index in [-0.39, 0.29) is 6.04 Å². The fourth-order valence-electron chi connectivity index (χ4n) is 4.14. The first-order valence-corrected chi connectivity index (χ1v) is 11.2. The summed E-state index contributed by atoms with van der Waals surface area (Å²) in [6.07, 6.45) is 3.56. The summed E-state index contributed by atoms with van der Waals surface area (Å²) in [5, 5.41) is 5.49. The minimum absolute atomic E-state index is 0.0626. The molecule has 1 aliphatic rings. The Balaban J connectivity index is 1.38. The van der Waals surface area contributed by atoms with Crippen LogP contribution in [0.2, 0.25) is 0 Å². The Morgan fingerprint density at radius 3 is 2.42 bits per heavy atom. The molecule has 1 fully saturated rings. The summed E-state index contributed by atoms with van der Waals surface area (Å²) in [6, 6.07) is 21.6. The topological polar surface area (TPSA) is 77.6 Å². The number of para-hydroxylation sites is 1. The van der Waals surface area contributed by atoms with Crippen LogP contribution in [0.1, 0.15) is 17.2 Å². The zero-order valence-corrected chi connectivity index (χ0v) is 18.8. The van der Waals surface area contributed by atoms with Gasteiger partial charge >= 0.3 is 11.8 Å². The average molecular weight is 444 g/mol. The van der Waals surface area contributed by atoms with Crippen LogP contribution in [0, 0.1) is 6.92 Å². The Morgan fingerprint density at radius 2 is 1.73 bits per heavy atom. The number of aromatic nitrogens is 1. The molecule has 7 nitrogen and oxygen atoms in total. The lowest BCUT2D eigenvalue weighted by molar-refractivity contribution is -0.136. The molecule has 1 aliphatic heterocycles. The van der Waals surface area contributed by atoms with Crippen LogP contribution in [0.3, 0.4) is 0 Å². The summed E-state index contributed by atoms with van der Waals surface area (Å²) < 4.78 is 0. The number of carbonyl (C=O) groups excluding carboxylic acids is 2. The fraction of sp³-hybridized carbons (Fsp3) is 0.269. The molecular formula is C26H29N5O2. The van der Waals surface area contributed by atoms with E-state index in [1.807, 2.05) is 49.5 Å². The van der Waals surface area contributed by atoms with E-state index >= 15 is 0 Å². The molecule has 7 heteroatoms. The number of nitrogens with zero attached hydrogens (tertiary/aromatic N) is 3. The number of benzene rings is 2. The highest BCUT2D eigenvalue weighted by Crippen LogP contribution is 2.23. The predicted molar refractivity (Wildman–Crippen MR) is 130 cm³/mol. The molecule has 3 aromatic rings. The van der Waals surface area contributed by atoms with Crippen LogP contribution < -0.4 is 15.5 Å². The second-order valence-corrected chi connectivity index (χ2v) is 8.19. The molecule has 4 rings (SSSR count). The van der Waals surface area contributed by atoms with Gasteiger partial charge in [0, 0.05) is 56.5 Å². The maximum absolute atomic E-state index is 12.5. The van der Waals surface area contributed by atoms with Crippen LogP contribution in [-0.4, -0.2) is 54.4 Å². The SMILES string of the molecule is Cc1cccc(NC(=O)C(=O)NCC(c2cccnc2)N2CCN(c3ccccc3)CC2)c1. The van der Waals surface area contributed by atoms with Crippen molar-refractivity contribution in [1.82, 2.24) is 15.2 Å². The lowest BCUT2D eigenvalue weighted by atomic mass is 10.1. The van der Waals surface area contributed by atoms with E-state index in [9.17, 15) is 9.59 Å². The van der Waals surface area contributed by atoms with Crippen LogP contribution in [-0.2, 0) is 9.59 Å². The van der Waals surface area contributed by atoms with Gasteiger partial charge in [0.2, 0.25) is 0 Å². The standard InChI is InChI=1S/C26H29N5O2/c1-20-7-5-9-22(17-20)29-26(33)25(32)28-19-24(21-8-6-12-27-18-21)31-15-13-30(14-16-31)23-10-3-2-4-11-23/h2-12,17-18,24H,13-16,19H2,1H3,(H,28,32)(H,29,33). The minimum Gasteiger partial charge on any atom is -0.369 e. The van der Waals surface area contributed by atoms with E-state index in [2.05, 4.69) is 49.7 Å². The largest absolute Gasteiger partial charge is 0.369 e. The van der Waals surface area contributed by atoms with Gasteiger partial charge in [-0.15, -0.1) is 0 Å². The second kappa shape index (κ2) is 10.7. The molecule has 2 heterocycles. The van der Waals surface area contributed by atoms with Gasteiger partial charge in [0.15, 0.2) is 0 Å². The molecule has 33 heavy (non-hydrogen) atoms. The molecule has 1 unspecified atom stereocenters. The smallest absolute Gasteiger partial charge is 0.313 e. The number of aryl methyl sites for hydroxylation is 1. The molecule has 1 atom stereocenters. The van der Waals surface area contributed by atoms with Gasteiger partial charge in [-0.3, -0.25) is 19.5 Å². The zero-order valence-electron chi connectivity index (χ0n) is 18.8. The van der Waals surface area contributed by atoms with Crippen molar-refractivity contribution < 1.29 is 9.59 Å². The highest BCUT2D eigenvalue weighted by atomic mass is 16.2. The van der Waals surface area contributed by atoms with Crippen molar-refractivity contribution in [2.45, 2.75) is 13.0 Å². The third-order valence-corrected chi connectivity index (χ3v) is 5.88. The predicted octanol–water partition coefficient (Wildman–Crippen LogP) is 3.01. The Kier molecular flexibility index (Phi) is 7.32. The van der Waals surface area contributed by atoms with E-state index in [1.165, 1.54) is 5.69 Å². The first-order chi connectivity index (χ1) is 16.1. The molecule has 2 N–H and O–H groups in total. The molecule has 0 spiro atoms. The van der Waals surface area contributed by atoms with E-state index in [0.717, 1.165) is 37.3 Å². The Morgan fingerprint density at radius 1 is 0.939 bits per heavy atom. The van der Waals surface area contributed by atoms with Crippen LogP contribution in [0.4, 0.5) is 11.4 Å². The summed E-state index contributed by atoms with van der Waals surface area (Å²) in [5.74, 6) is -1.31. The van der Waals surface area contributed by atoms with Gasteiger partial charge in [-0.25, -0.2) is 0 Å². The first-order valence-electron chi connectivity index (χ1n) is 11.2. The molecule has 1 saturated heterocycles. The number of nitrogens with one attached hydrogen (secondary N) is 2. The van der Waals surface area contributed by atoms with Gasteiger partial charge in [-0.1, -0.05) is 36.4 Å². The summed E-state index contributed by atoms with van der Waals surface area (Å²) in [5.41, 5.74) is 3.86. The number of piperazine rings is 1. The highest BCUT2D eigenvalue weighted by molar-refractivity contribution is 6.39. The van der Waals surface area contributed by atoms with Crippen molar-refractivity contribution in [3.8, 4) is 0 Å². The van der Waals surface area contributed by atoms with Crippen LogP contribution in [0.15, 0.2) is 79.1 Å². The van der Waals surface area contributed by atoms with Gasteiger partial charge < -0.3 is 15.5 Å². The van der Waals surface area contributed by atoms with Gasteiger partial charge in [-0.05, 0) is 48.4 Å². The molecule has 2 amide bonds. The molecule has 0 saturated carbocycles. The number of carbonyl (C=O) groups is 2. The number of amides is 2. The van der Waals surface area contributed by atoms with Crippen LogP contribution >= 0.6 is 0 Å². The summed E-state index contributed by atoms with van der Waals surface area (Å²) in [4.78, 5) is 33.9. The summed E-state index contributed by atoms with van der Waals surface area (Å²) >= 11 is 0. The molecule has 0 aliphatic carbocycles. The Bertz CT molecular complexity index is 1070. The van der Waals surface area contributed by atoms with Gasteiger partial charge in [0.05, 0.1) is 6.04 Å². The van der Waals surface area contributed by atoms with E-state index < -0.39 is 11.8 Å². The van der Waals surface area contributed by atoms with Crippen molar-refractivity contribution >= 4 is 23.2 Å². The molecular weight excluding hydrogens is 414 g/mol. The molecule has 0 bridgehead atoms. The molecule has 1 aromatic heterocycles. The Hall–Kier alpha value is -3.71. The van der Waals surface area contributed by atoms with Gasteiger partial charge in [-0.2, -0.15) is 0 Å². The number of anilines is 2. The summed E-state index contributed by atoms with van der Waals surface area (Å²) in [6.45, 7) is 5.74. The maximum atomic E-state index is 12.5. The zero-order chi connectivity index (χ0) is 23.0. The number of rotatable bonds is 6. The normalized spacial score (nSPS) is 15.0. The van der Waals surface area contributed by atoms with Crippen molar-refractivity contribution in [3.63, 3.8) is 0 Å². The van der Waals surface area contributed by atoms with Crippen molar-refractivity contribution in [2.75, 3.05) is 42.9 Å². The third-order valence-electron chi connectivity index (χ3n) is 5.88. The van der Waals surface area contributed by atoms with Gasteiger partial charge in [0.1, 0.15) is 0 Å². The molecule has 0 radical (unpaired) electrons. The summed E-state index contributed by atoms with van der Waals surface area (Å²) in [7, 11) is 0. The monoisotopic (exact) mass is 443 g/mol. The fourth-order valence-corrected chi connectivity index (χ4v) is 4.14. The number of hydrogen-bond donors (Lipinski definition) is 2. The Labute approximate surface area is 194 Å². The minimum atomic E-state index is -0.667. The average Bonchev–Trinajstić information content (AvgIpc) is 2.85. The highest BCUT2D eigenvalue weighted by Gasteiger charge is 2.26. The lowest BCUT2D eigenvalue weighted by Gasteiger charge is -2.40. The van der Waals surface area contributed by atoms with Crippen molar-refractivity contribution in [1.29, 1.82) is 0 Å². The van der Waals surface area contributed by atoms with Crippen molar-refractivity contribution in [3.05, 3.63) is 90.3 Å². The molecule has 2 aromatic carbocycles.